The summed E-state index contributed by atoms with van der Waals surface area (Å²) in [7, 11) is 1.57. The summed E-state index contributed by atoms with van der Waals surface area (Å²) >= 11 is 0. The van der Waals surface area contributed by atoms with Crippen LogP contribution in [0.4, 0.5) is 0 Å². The minimum Gasteiger partial charge on any atom is -0.394 e. The third kappa shape index (κ3) is 7.02. The van der Waals surface area contributed by atoms with Crippen molar-refractivity contribution in [2.45, 2.75) is 13.0 Å². The maximum absolute atomic E-state index is 8.21. The zero-order valence-corrected chi connectivity index (χ0v) is 7.56. The van der Waals surface area contributed by atoms with Crippen LogP contribution in [0.3, 0.4) is 0 Å². The van der Waals surface area contributed by atoms with E-state index < -0.39 is 0 Å². The van der Waals surface area contributed by atoms with E-state index >= 15 is 0 Å². The van der Waals surface area contributed by atoms with E-state index in [1.54, 1.807) is 14.0 Å². The molecular formula is C4H10O2Y. The van der Waals surface area contributed by atoms with Gasteiger partial charge in [-0.1, -0.05) is 0 Å². The first-order valence-electron chi connectivity index (χ1n) is 1.95. The summed E-state index contributed by atoms with van der Waals surface area (Å²) in [6.45, 7) is 1.91. The number of aliphatic hydroxyl groups is 1. The van der Waals surface area contributed by atoms with Crippen molar-refractivity contribution in [3.05, 3.63) is 0 Å². The van der Waals surface area contributed by atoms with Crippen molar-refractivity contribution in [2.75, 3.05) is 13.7 Å². The summed E-state index contributed by atoms with van der Waals surface area (Å²) < 4.78 is 4.65. The summed E-state index contributed by atoms with van der Waals surface area (Å²) in [4.78, 5) is 0. The Labute approximate surface area is 69.1 Å². The van der Waals surface area contributed by atoms with Crippen molar-refractivity contribution in [3.63, 3.8) is 0 Å². The molecule has 0 bridgehead atoms. The Morgan fingerprint density at radius 3 is 2.14 bits per heavy atom. The van der Waals surface area contributed by atoms with Crippen LogP contribution in [0.2, 0.25) is 0 Å². The van der Waals surface area contributed by atoms with E-state index in [0.717, 1.165) is 0 Å². The molecule has 0 aromatic heterocycles. The number of hydrogen-bond donors (Lipinski definition) is 1. The molecule has 7 heavy (non-hydrogen) atoms. The van der Waals surface area contributed by atoms with E-state index in [9.17, 15) is 0 Å². The molecule has 0 aromatic carbocycles. The molecule has 0 aromatic rings. The minimum absolute atomic E-state index is 0. The average Bonchev–Trinajstić information content (AvgIpc) is 1.65. The number of aliphatic hydroxyl groups excluding tert-OH is 1. The summed E-state index contributed by atoms with van der Waals surface area (Å²) in [5, 5.41) is 8.21. The van der Waals surface area contributed by atoms with Gasteiger partial charge in [0.1, 0.15) is 0 Å². The SMILES string of the molecule is COC(C)CO.[Y]. The Balaban J connectivity index is 0. The smallest absolute Gasteiger partial charge is 0.0773 e. The second-order valence-corrected chi connectivity index (χ2v) is 1.23. The molecule has 0 aliphatic rings. The number of methoxy groups -OCH3 is 1. The molecule has 1 radical (unpaired) electrons. The van der Waals surface area contributed by atoms with Gasteiger partial charge >= 0.3 is 0 Å². The van der Waals surface area contributed by atoms with Gasteiger partial charge in [-0.3, -0.25) is 0 Å². The van der Waals surface area contributed by atoms with E-state index in [4.69, 9.17) is 5.11 Å². The summed E-state index contributed by atoms with van der Waals surface area (Å²) in [6.07, 6.45) is -0.00926. The van der Waals surface area contributed by atoms with E-state index in [0.29, 0.717) is 0 Å². The summed E-state index contributed by atoms with van der Waals surface area (Å²) in [5.74, 6) is 0. The fourth-order valence-electron chi connectivity index (χ4n) is 0.0745. The van der Waals surface area contributed by atoms with Crippen molar-refractivity contribution >= 4 is 0 Å². The van der Waals surface area contributed by atoms with Gasteiger partial charge in [-0.2, -0.15) is 0 Å². The molecule has 0 rings (SSSR count). The monoisotopic (exact) mass is 179 g/mol. The third-order valence-electron chi connectivity index (χ3n) is 0.659. The standard InChI is InChI=1S/C4H10O2.Y/c1-4(3-5)6-2;/h4-5H,3H2,1-2H3;. The molecule has 41 valence electrons. The van der Waals surface area contributed by atoms with E-state index in [1.165, 1.54) is 0 Å². The molecular weight excluding hydrogens is 169 g/mol. The molecule has 0 saturated heterocycles. The van der Waals surface area contributed by atoms with Crippen LogP contribution >= 0.6 is 0 Å². The van der Waals surface area contributed by atoms with Gasteiger partial charge < -0.3 is 9.84 Å². The molecule has 0 heterocycles. The molecule has 0 aliphatic heterocycles. The maximum atomic E-state index is 8.21. The number of rotatable bonds is 2. The fourth-order valence-corrected chi connectivity index (χ4v) is 0.0745. The van der Waals surface area contributed by atoms with Crippen molar-refractivity contribution in [1.82, 2.24) is 0 Å². The molecule has 1 N–H and O–H groups in total. The van der Waals surface area contributed by atoms with Crippen molar-refractivity contribution < 1.29 is 42.6 Å². The molecule has 0 fully saturated rings. The van der Waals surface area contributed by atoms with E-state index in [1.807, 2.05) is 0 Å². The van der Waals surface area contributed by atoms with Gasteiger partial charge in [0, 0.05) is 39.8 Å². The van der Waals surface area contributed by atoms with Gasteiger partial charge in [0.2, 0.25) is 0 Å². The Kier molecular flexibility index (Phi) is 10.9. The molecule has 0 spiro atoms. The topological polar surface area (TPSA) is 29.5 Å². The molecule has 2 nitrogen and oxygen atoms in total. The molecule has 3 heteroatoms. The average molecular weight is 179 g/mol. The van der Waals surface area contributed by atoms with Gasteiger partial charge in [0.15, 0.2) is 0 Å². The van der Waals surface area contributed by atoms with Gasteiger partial charge in [0.05, 0.1) is 12.7 Å². The van der Waals surface area contributed by atoms with Crippen LogP contribution in [0, 0.1) is 0 Å². The minimum atomic E-state index is -0.00926. The van der Waals surface area contributed by atoms with Crippen LogP contribution in [-0.2, 0) is 37.4 Å². The zero-order valence-electron chi connectivity index (χ0n) is 4.72. The molecule has 0 aliphatic carbocycles. The van der Waals surface area contributed by atoms with Crippen molar-refractivity contribution in [3.8, 4) is 0 Å². The quantitative estimate of drug-likeness (QED) is 0.647. The van der Waals surface area contributed by atoms with Crippen LogP contribution in [0.25, 0.3) is 0 Å². The maximum Gasteiger partial charge on any atom is 0.0773 e. The Bertz CT molecular complexity index is 28.9. The van der Waals surface area contributed by atoms with E-state index in [-0.39, 0.29) is 45.4 Å². The van der Waals surface area contributed by atoms with Crippen LogP contribution < -0.4 is 0 Å². The van der Waals surface area contributed by atoms with Gasteiger partial charge in [-0.05, 0) is 6.92 Å². The number of ether oxygens (including phenoxy) is 1. The Morgan fingerprint density at radius 1 is 1.71 bits per heavy atom. The van der Waals surface area contributed by atoms with Gasteiger partial charge in [-0.25, -0.2) is 0 Å². The molecule has 1 unspecified atom stereocenters. The first kappa shape index (κ1) is 10.9. The third-order valence-corrected chi connectivity index (χ3v) is 0.659. The largest absolute Gasteiger partial charge is 0.394 e. The number of hydrogen-bond acceptors (Lipinski definition) is 2. The fraction of sp³-hybridized carbons (Fsp3) is 1.00. The predicted octanol–water partition coefficient (Wildman–Crippen LogP) is 0.0111. The predicted molar refractivity (Wildman–Crippen MR) is 23.6 cm³/mol. The normalized spacial score (nSPS) is 12.4. The summed E-state index contributed by atoms with van der Waals surface area (Å²) in [5.41, 5.74) is 0. The first-order valence-corrected chi connectivity index (χ1v) is 1.95. The molecule has 0 saturated carbocycles. The van der Waals surface area contributed by atoms with Crippen molar-refractivity contribution in [2.24, 2.45) is 0 Å². The molecule has 0 amide bonds. The summed E-state index contributed by atoms with van der Waals surface area (Å²) in [6, 6.07) is 0. The second-order valence-electron chi connectivity index (χ2n) is 1.23. The van der Waals surface area contributed by atoms with Gasteiger partial charge in [-0.15, -0.1) is 0 Å². The van der Waals surface area contributed by atoms with Crippen molar-refractivity contribution in [1.29, 1.82) is 0 Å². The zero-order chi connectivity index (χ0) is 4.99. The second kappa shape index (κ2) is 7.02. The van der Waals surface area contributed by atoms with E-state index in [2.05, 4.69) is 4.74 Å². The molecule has 1 atom stereocenters. The van der Waals surface area contributed by atoms with Gasteiger partial charge in [0.25, 0.3) is 0 Å². The first-order chi connectivity index (χ1) is 2.81. The van der Waals surface area contributed by atoms with Crippen LogP contribution in [0.15, 0.2) is 0 Å². The van der Waals surface area contributed by atoms with Crippen LogP contribution in [0.1, 0.15) is 6.92 Å². The Hall–Kier alpha value is 1.02. The van der Waals surface area contributed by atoms with Crippen LogP contribution in [-0.4, -0.2) is 24.9 Å². The Morgan fingerprint density at radius 2 is 2.14 bits per heavy atom. The van der Waals surface area contributed by atoms with Crippen LogP contribution in [0.5, 0.6) is 0 Å².